The van der Waals surface area contributed by atoms with E-state index in [1.165, 1.54) is 18.6 Å². The minimum Gasteiger partial charge on any atom is -0.300 e. The Morgan fingerprint density at radius 3 is 1.88 bits per heavy atom. The summed E-state index contributed by atoms with van der Waals surface area (Å²) < 4.78 is 0. The lowest BCUT2D eigenvalue weighted by molar-refractivity contribution is -0.384. The van der Waals surface area contributed by atoms with E-state index in [9.17, 15) is 14.9 Å². The van der Waals surface area contributed by atoms with E-state index < -0.39 is 4.92 Å². The molecular weight excluding hydrogens is 206 g/mol. The molecule has 1 aromatic carbocycles. The highest BCUT2D eigenvalue weighted by Crippen LogP contribution is 2.12. The molecule has 1 aromatic rings. The first-order chi connectivity index (χ1) is 7.70. The van der Waals surface area contributed by atoms with Gasteiger partial charge in [0.1, 0.15) is 5.78 Å². The second-order valence-electron chi connectivity index (χ2n) is 3.69. The van der Waals surface area contributed by atoms with Crippen molar-refractivity contribution in [3.63, 3.8) is 0 Å². The SMILES string of the molecule is O=C1CCCCC1.O=[N+]([O-])c1ccccc1. The van der Waals surface area contributed by atoms with Crippen LogP contribution in [0.1, 0.15) is 32.1 Å². The first-order valence-electron chi connectivity index (χ1n) is 5.41. The average Bonchev–Trinajstić information content (AvgIpc) is 2.32. The van der Waals surface area contributed by atoms with Crippen molar-refractivity contribution in [3.05, 3.63) is 40.4 Å². The lowest BCUT2D eigenvalue weighted by atomic mass is 10.00. The Bertz CT molecular complexity index is 341. The van der Waals surface area contributed by atoms with Gasteiger partial charge in [-0.05, 0) is 12.8 Å². The van der Waals surface area contributed by atoms with Gasteiger partial charge in [0.2, 0.25) is 0 Å². The molecule has 4 nitrogen and oxygen atoms in total. The zero-order chi connectivity index (χ0) is 11.8. The molecule has 1 saturated carbocycles. The van der Waals surface area contributed by atoms with Gasteiger partial charge in [0.25, 0.3) is 5.69 Å². The van der Waals surface area contributed by atoms with Crippen LogP contribution in [0.3, 0.4) is 0 Å². The number of carbonyl (C=O) groups excluding carboxylic acids is 1. The standard InChI is InChI=1S/C6H5NO2.C6H10O/c8-7(9)6-4-2-1-3-5-6;7-6-4-2-1-3-5-6/h1-5H;1-5H2. The summed E-state index contributed by atoms with van der Waals surface area (Å²) in [5, 5.41) is 10.0. The van der Waals surface area contributed by atoms with Crippen molar-refractivity contribution in [2.45, 2.75) is 32.1 Å². The van der Waals surface area contributed by atoms with Crippen molar-refractivity contribution in [2.75, 3.05) is 0 Å². The van der Waals surface area contributed by atoms with Crippen molar-refractivity contribution in [1.29, 1.82) is 0 Å². The topological polar surface area (TPSA) is 60.2 Å². The zero-order valence-electron chi connectivity index (χ0n) is 9.09. The van der Waals surface area contributed by atoms with Crippen LogP contribution >= 0.6 is 0 Å². The summed E-state index contributed by atoms with van der Waals surface area (Å²) in [6.07, 6.45) is 5.24. The molecule has 0 amide bonds. The molecule has 0 bridgehead atoms. The van der Waals surface area contributed by atoms with E-state index >= 15 is 0 Å². The van der Waals surface area contributed by atoms with E-state index in [1.807, 2.05) is 0 Å². The molecule has 1 aliphatic carbocycles. The molecule has 4 heteroatoms. The van der Waals surface area contributed by atoms with Crippen LogP contribution in [0.15, 0.2) is 30.3 Å². The fourth-order valence-corrected chi connectivity index (χ4v) is 1.50. The summed E-state index contributed by atoms with van der Waals surface area (Å²) in [5.41, 5.74) is 0.137. The van der Waals surface area contributed by atoms with Gasteiger partial charge in [-0.1, -0.05) is 24.6 Å². The highest BCUT2D eigenvalue weighted by atomic mass is 16.6. The number of carbonyl (C=O) groups is 1. The van der Waals surface area contributed by atoms with E-state index in [-0.39, 0.29) is 5.69 Å². The Kier molecular flexibility index (Phi) is 5.19. The fraction of sp³-hybridized carbons (Fsp3) is 0.417. The molecule has 0 atom stereocenters. The van der Waals surface area contributed by atoms with Gasteiger partial charge in [-0.3, -0.25) is 14.9 Å². The molecule has 86 valence electrons. The molecule has 0 saturated heterocycles. The fourth-order valence-electron chi connectivity index (χ4n) is 1.50. The van der Waals surface area contributed by atoms with Gasteiger partial charge >= 0.3 is 0 Å². The van der Waals surface area contributed by atoms with Crippen LogP contribution in [0.25, 0.3) is 0 Å². The number of non-ortho nitro benzene ring substituents is 1. The lowest BCUT2D eigenvalue weighted by Crippen LogP contribution is -2.02. The van der Waals surface area contributed by atoms with Crippen molar-refractivity contribution < 1.29 is 9.72 Å². The minimum atomic E-state index is -0.417. The largest absolute Gasteiger partial charge is 0.300 e. The minimum absolute atomic E-state index is 0.137. The predicted octanol–water partition coefficient (Wildman–Crippen LogP) is 3.11. The summed E-state index contributed by atoms with van der Waals surface area (Å²) in [7, 11) is 0. The summed E-state index contributed by atoms with van der Waals surface area (Å²) in [5.74, 6) is 0.464. The Morgan fingerprint density at radius 2 is 1.56 bits per heavy atom. The summed E-state index contributed by atoms with van der Waals surface area (Å²) in [6, 6.07) is 7.93. The lowest BCUT2D eigenvalue weighted by Gasteiger charge is -2.05. The first-order valence-corrected chi connectivity index (χ1v) is 5.41. The Balaban J connectivity index is 0.000000165. The molecule has 0 aromatic heterocycles. The summed E-state index contributed by atoms with van der Waals surface area (Å²) in [6.45, 7) is 0. The third kappa shape index (κ3) is 4.68. The molecule has 0 radical (unpaired) electrons. The van der Waals surface area contributed by atoms with E-state index in [0.717, 1.165) is 25.7 Å². The highest BCUT2D eigenvalue weighted by Gasteiger charge is 2.05. The van der Waals surface area contributed by atoms with Crippen LogP contribution in [0.5, 0.6) is 0 Å². The molecule has 0 aliphatic heterocycles. The summed E-state index contributed by atoms with van der Waals surface area (Å²) >= 11 is 0. The maximum atomic E-state index is 10.5. The molecular formula is C12H15NO3. The second kappa shape index (κ2) is 6.71. The monoisotopic (exact) mass is 221 g/mol. The van der Waals surface area contributed by atoms with E-state index in [0.29, 0.717) is 5.78 Å². The third-order valence-corrected chi connectivity index (χ3v) is 2.38. The number of para-hydroxylation sites is 1. The van der Waals surface area contributed by atoms with Crippen molar-refractivity contribution in [1.82, 2.24) is 0 Å². The van der Waals surface area contributed by atoms with E-state index in [2.05, 4.69) is 0 Å². The third-order valence-electron chi connectivity index (χ3n) is 2.38. The van der Waals surface area contributed by atoms with Crippen LogP contribution in [0.2, 0.25) is 0 Å². The zero-order valence-corrected chi connectivity index (χ0v) is 9.09. The number of nitrogens with zero attached hydrogens (tertiary/aromatic N) is 1. The van der Waals surface area contributed by atoms with Crippen LogP contribution in [0, 0.1) is 10.1 Å². The van der Waals surface area contributed by atoms with Gasteiger partial charge in [-0.15, -0.1) is 0 Å². The first kappa shape index (κ1) is 12.4. The number of hydrogen-bond acceptors (Lipinski definition) is 3. The van der Waals surface area contributed by atoms with Crippen molar-refractivity contribution >= 4 is 11.5 Å². The molecule has 0 unspecified atom stereocenters. The molecule has 0 heterocycles. The molecule has 0 spiro atoms. The van der Waals surface area contributed by atoms with Gasteiger partial charge in [0.05, 0.1) is 4.92 Å². The van der Waals surface area contributed by atoms with Gasteiger partial charge in [0, 0.05) is 25.0 Å². The molecule has 1 fully saturated rings. The number of nitro groups is 1. The average molecular weight is 221 g/mol. The number of nitro benzene ring substituents is 1. The van der Waals surface area contributed by atoms with Gasteiger partial charge in [0.15, 0.2) is 0 Å². The maximum absolute atomic E-state index is 10.5. The van der Waals surface area contributed by atoms with Crippen LogP contribution in [-0.4, -0.2) is 10.7 Å². The van der Waals surface area contributed by atoms with Gasteiger partial charge < -0.3 is 0 Å². The summed E-state index contributed by atoms with van der Waals surface area (Å²) in [4.78, 5) is 20.1. The Morgan fingerprint density at radius 1 is 1.00 bits per heavy atom. The smallest absolute Gasteiger partial charge is 0.269 e. The number of rotatable bonds is 1. The van der Waals surface area contributed by atoms with E-state index in [4.69, 9.17) is 0 Å². The van der Waals surface area contributed by atoms with Crippen molar-refractivity contribution in [2.24, 2.45) is 0 Å². The quantitative estimate of drug-likeness (QED) is 0.540. The number of ketones is 1. The van der Waals surface area contributed by atoms with Crippen LogP contribution < -0.4 is 0 Å². The number of benzene rings is 1. The molecule has 2 rings (SSSR count). The predicted molar refractivity (Wildman–Crippen MR) is 61.2 cm³/mol. The van der Waals surface area contributed by atoms with Crippen LogP contribution in [-0.2, 0) is 4.79 Å². The maximum Gasteiger partial charge on any atom is 0.269 e. The number of Topliss-reactive ketones (excluding diaryl/α,β-unsaturated/α-hetero) is 1. The van der Waals surface area contributed by atoms with Gasteiger partial charge in [-0.2, -0.15) is 0 Å². The number of hydrogen-bond donors (Lipinski definition) is 0. The molecule has 1 aliphatic rings. The van der Waals surface area contributed by atoms with E-state index in [1.54, 1.807) is 18.2 Å². The Hall–Kier alpha value is -1.71. The van der Waals surface area contributed by atoms with Crippen molar-refractivity contribution in [3.8, 4) is 0 Å². The highest BCUT2D eigenvalue weighted by molar-refractivity contribution is 5.78. The molecule has 16 heavy (non-hydrogen) atoms. The van der Waals surface area contributed by atoms with Crippen LogP contribution in [0.4, 0.5) is 5.69 Å². The second-order valence-corrected chi connectivity index (χ2v) is 3.69. The van der Waals surface area contributed by atoms with Gasteiger partial charge in [-0.25, -0.2) is 0 Å². The molecule has 0 N–H and O–H groups in total. The Labute approximate surface area is 94.4 Å². The normalized spacial score (nSPS) is 14.9.